The van der Waals surface area contributed by atoms with E-state index in [0.29, 0.717) is 44.5 Å². The van der Waals surface area contributed by atoms with Crippen molar-refractivity contribution in [3.8, 4) is 22.3 Å². The van der Waals surface area contributed by atoms with Gasteiger partial charge in [0, 0.05) is 0 Å². The van der Waals surface area contributed by atoms with Gasteiger partial charge in [-0.3, -0.25) is 0 Å². The molecule has 0 spiro atoms. The van der Waals surface area contributed by atoms with E-state index in [1.165, 1.54) is 146 Å². The van der Waals surface area contributed by atoms with Gasteiger partial charge in [-0.1, -0.05) is 24.3 Å². The van der Waals surface area contributed by atoms with E-state index in [9.17, 15) is 64.8 Å². The molecule has 0 saturated heterocycles. The van der Waals surface area contributed by atoms with Crippen LogP contribution in [0.5, 0.6) is 0 Å². The van der Waals surface area contributed by atoms with Gasteiger partial charge in [-0.25, -0.2) is 43.9 Å². The molecule has 0 amide bonds. The Morgan fingerprint density at radius 1 is 0.250 bits per heavy atom. The molecule has 0 N–H and O–H groups in total. The summed E-state index contributed by atoms with van der Waals surface area (Å²) < 4.78 is 327. The summed E-state index contributed by atoms with van der Waals surface area (Å²) in [4.78, 5) is -6.39. The third-order valence-corrected chi connectivity index (χ3v) is 33.8. The van der Waals surface area contributed by atoms with Crippen molar-refractivity contribution in [1.82, 2.24) is 0 Å². The Balaban J connectivity index is 0.999. The van der Waals surface area contributed by atoms with Crippen LogP contribution in [-0.4, -0.2) is 25.3 Å². The van der Waals surface area contributed by atoms with Crippen LogP contribution in [0.2, 0.25) is 0 Å². The van der Waals surface area contributed by atoms with Crippen molar-refractivity contribution in [3.63, 3.8) is 0 Å². The summed E-state index contributed by atoms with van der Waals surface area (Å²) in [5, 5.41) is 0. The third-order valence-electron chi connectivity index (χ3n) is 15.5. The minimum atomic E-state index is -5.99. The second-order valence-corrected chi connectivity index (χ2v) is 36.8. The molecule has 9 nitrogen and oxygen atoms in total. The molecule has 0 unspecified atom stereocenters. The Kier molecular flexibility index (Phi) is 20.2. The topological polar surface area (TPSA) is 130 Å². The van der Waals surface area contributed by atoms with Crippen LogP contribution in [0, 0.1) is 122 Å². The normalized spacial score (nSPS) is 12.8. The fourth-order valence-electron chi connectivity index (χ4n) is 10.7. The van der Waals surface area contributed by atoms with Crippen LogP contribution in [0.3, 0.4) is 0 Å². The molecule has 0 aliphatic heterocycles. The molecule has 0 fully saturated rings. The molecule has 520 valence electrons. The van der Waals surface area contributed by atoms with Crippen LogP contribution in [-0.2, 0) is 40.1 Å². The van der Waals surface area contributed by atoms with E-state index in [0.717, 1.165) is 0 Å². The SMILES string of the molecule is Cc1ccccc1S(OS(=O)(=O)c1c(F)c(F)c(F)c(F)c1F)(c1ccc(-c2ccc(I(OS(=O)(=O)c3c(F)c(F)c(F)c(F)c3F)c3ccc(-c4ccc(S(OS(=O)(=O)c5c(F)c(F)c(F)c(F)c5F)(c5ccccc5C)c5ccccc5C)cc4)cc3)cc2)cc1)c1ccccc1C. The predicted octanol–water partition coefficient (Wildman–Crippen LogP) is 20.4. The van der Waals surface area contributed by atoms with Gasteiger partial charge in [0.2, 0.25) is 11.6 Å². The number of aryl methyl sites for hydroxylation is 4. The molecular formula is C70H44F15IO9S5. The van der Waals surface area contributed by atoms with Crippen molar-refractivity contribution in [1.29, 1.82) is 0 Å². The number of halogens is 16. The first-order valence-corrected chi connectivity index (χ1v) is 39.0. The Bertz CT molecular complexity index is 5000. The zero-order valence-corrected chi connectivity index (χ0v) is 57.5. The Morgan fingerprint density at radius 2 is 0.450 bits per heavy atom. The molecule has 0 atom stereocenters. The van der Waals surface area contributed by atoms with E-state index in [1.807, 2.05) is 0 Å². The van der Waals surface area contributed by atoms with Gasteiger partial charge in [-0.15, -0.1) is 0 Å². The van der Waals surface area contributed by atoms with Gasteiger partial charge in [-0.2, -0.15) is 0 Å². The molecule has 30 heteroatoms. The first-order valence-electron chi connectivity index (χ1n) is 28.6. The average molecular weight is 1600 g/mol. The number of hydrogen-bond donors (Lipinski definition) is 0. The molecule has 0 heterocycles. The van der Waals surface area contributed by atoms with E-state index >= 15 is 26.3 Å². The standard InChI is InChI=1S/C70H44F15IO9S5/c1-37-13-5-9-17-49(37)96(50-18-10-6-14-38(50)2,94-99(89,90)69-64(82)58(76)54(72)59(77)65(69)83)47-33-25-43(26-34-47)41-21-29-45(30-22-41)86(93-98(87,88)68-62(80)56(74)53(71)57(75)63(68)81)46-31-23-42(24-32-46)44-27-35-48(36-28-44)97(51-19-11-7-15-39(51)3,52-20-12-8-16-40(52)4)95-100(91,92)70-66(84)60(78)55(73)61(79)67(70)85/h5-36H,1-4H3. The van der Waals surface area contributed by atoms with Crippen molar-refractivity contribution in [2.45, 2.75) is 71.8 Å². The quantitative estimate of drug-likeness (QED) is 0.0336. The van der Waals surface area contributed by atoms with E-state index in [2.05, 4.69) is 0 Å². The predicted molar refractivity (Wildman–Crippen MR) is 348 cm³/mol. The van der Waals surface area contributed by atoms with Crippen LogP contribution in [0.25, 0.3) is 22.3 Å². The van der Waals surface area contributed by atoms with Crippen molar-refractivity contribution in [2.75, 3.05) is 0 Å². The zero-order chi connectivity index (χ0) is 72.5. The molecular weight excluding hydrogens is 1560 g/mol. The molecule has 11 aromatic carbocycles. The van der Waals surface area contributed by atoms with Crippen LogP contribution in [0.15, 0.2) is 238 Å². The second kappa shape index (κ2) is 27.8. The molecule has 0 bridgehead atoms. The minimum absolute atomic E-state index is 0.00144. The Morgan fingerprint density at radius 3 is 0.680 bits per heavy atom. The summed E-state index contributed by atoms with van der Waals surface area (Å²) in [6.45, 7) is 6.22. The van der Waals surface area contributed by atoms with Crippen LogP contribution < -0.4 is 0 Å². The van der Waals surface area contributed by atoms with Gasteiger partial charge in [0.05, 0.1) is 0 Å². The van der Waals surface area contributed by atoms with E-state index in [-0.39, 0.29) is 36.5 Å². The molecule has 0 saturated carbocycles. The summed E-state index contributed by atoms with van der Waals surface area (Å²) >= 11 is -4.31. The van der Waals surface area contributed by atoms with Gasteiger partial charge in [0.1, 0.15) is 0 Å². The fourth-order valence-corrected chi connectivity index (χ4v) is 29.1. The van der Waals surface area contributed by atoms with Crippen molar-refractivity contribution in [2.24, 2.45) is 0 Å². The molecule has 0 aliphatic rings. The number of benzene rings is 11. The monoisotopic (exact) mass is 1600 g/mol. The van der Waals surface area contributed by atoms with Gasteiger partial charge in [-0.05, 0) is 0 Å². The van der Waals surface area contributed by atoms with E-state index in [4.69, 9.17) is 9.77 Å². The average Bonchev–Trinajstić information content (AvgIpc) is 0.732. The van der Waals surface area contributed by atoms with Crippen molar-refractivity contribution in [3.05, 3.63) is 311 Å². The second-order valence-electron chi connectivity index (χ2n) is 21.7. The summed E-state index contributed by atoms with van der Waals surface area (Å²) in [7, 11) is -25.7. The van der Waals surface area contributed by atoms with Crippen LogP contribution in [0.4, 0.5) is 65.9 Å². The summed E-state index contributed by atoms with van der Waals surface area (Å²) in [6, 6.07) is 46.4. The molecule has 11 rings (SSSR count). The molecule has 11 aromatic rings. The van der Waals surface area contributed by atoms with Crippen LogP contribution >= 0.6 is 40.9 Å². The molecule has 0 aliphatic carbocycles. The first kappa shape index (κ1) is 72.8. The number of rotatable bonds is 19. The van der Waals surface area contributed by atoms with Gasteiger partial charge >= 0.3 is 451 Å². The Labute approximate surface area is 572 Å². The van der Waals surface area contributed by atoms with E-state index < -0.39 is 173 Å². The van der Waals surface area contributed by atoms with Gasteiger partial charge < -0.3 is 0 Å². The maximum atomic E-state index is 15.5. The first-order chi connectivity index (χ1) is 47.2. The Hall–Kier alpha value is -8.47. The fraction of sp³-hybridized carbons (Fsp3) is 0.0571. The molecule has 0 aromatic heterocycles. The van der Waals surface area contributed by atoms with Gasteiger partial charge in [0.25, 0.3) is 0 Å². The van der Waals surface area contributed by atoms with E-state index in [1.54, 1.807) is 76.2 Å². The maximum absolute atomic E-state index is 15.5. The summed E-state index contributed by atoms with van der Waals surface area (Å²) in [5.41, 5.74) is 2.62. The van der Waals surface area contributed by atoms with Crippen molar-refractivity contribution < 1.29 is 101 Å². The van der Waals surface area contributed by atoms with Crippen LogP contribution in [0.1, 0.15) is 22.3 Å². The number of hydrogen-bond acceptors (Lipinski definition) is 9. The summed E-state index contributed by atoms with van der Waals surface area (Å²) in [6.07, 6.45) is 0. The molecule has 0 radical (unpaired) electrons. The third kappa shape index (κ3) is 12.8. The summed E-state index contributed by atoms with van der Waals surface area (Å²) in [5.74, 6) is -39.6. The van der Waals surface area contributed by atoms with Crippen molar-refractivity contribution >= 4 is 71.2 Å². The zero-order valence-electron chi connectivity index (χ0n) is 51.2. The molecule has 100 heavy (non-hydrogen) atoms. The van der Waals surface area contributed by atoms with Gasteiger partial charge in [0.15, 0.2) is 46.5 Å².